The quantitative estimate of drug-likeness (QED) is 0.818. The maximum Gasteiger partial charge on any atom is 0.320 e. The standard InChI is InChI=1S/C20H28N4O2/c1-16-6-4-7-17(21-16)14-23-13-9-20(18(23)25)8-5-12-24(15-20)19(26)22-10-2-3-11-22/h4,6-7H,2-3,5,8-15H2,1H3/t20-/m1/s1. The molecule has 0 unspecified atom stereocenters. The van der Waals surface area contributed by atoms with Crippen LogP contribution in [0.4, 0.5) is 4.79 Å². The second-order valence-corrected chi connectivity index (χ2v) is 8.03. The molecular formula is C20H28N4O2. The highest BCUT2D eigenvalue weighted by molar-refractivity contribution is 5.86. The van der Waals surface area contributed by atoms with Crippen molar-refractivity contribution in [3.8, 4) is 0 Å². The maximum absolute atomic E-state index is 13.2. The van der Waals surface area contributed by atoms with Crippen LogP contribution in [0.15, 0.2) is 18.2 Å². The van der Waals surface area contributed by atoms with Gasteiger partial charge in [0.15, 0.2) is 0 Å². The van der Waals surface area contributed by atoms with Crippen LogP contribution in [0.2, 0.25) is 0 Å². The molecule has 4 rings (SSSR count). The van der Waals surface area contributed by atoms with Gasteiger partial charge in [-0.1, -0.05) is 6.07 Å². The number of rotatable bonds is 2. The lowest BCUT2D eigenvalue weighted by atomic mass is 9.78. The molecule has 26 heavy (non-hydrogen) atoms. The first-order valence-electron chi connectivity index (χ1n) is 9.83. The van der Waals surface area contributed by atoms with Crippen LogP contribution in [-0.4, -0.2) is 64.3 Å². The van der Waals surface area contributed by atoms with Crippen molar-refractivity contribution in [3.05, 3.63) is 29.6 Å². The summed E-state index contributed by atoms with van der Waals surface area (Å²) in [5.74, 6) is 0.208. The number of aryl methyl sites for hydroxylation is 1. The summed E-state index contributed by atoms with van der Waals surface area (Å²) in [6.07, 6.45) is 4.86. The van der Waals surface area contributed by atoms with E-state index in [-0.39, 0.29) is 17.4 Å². The summed E-state index contributed by atoms with van der Waals surface area (Å²) >= 11 is 0. The van der Waals surface area contributed by atoms with Gasteiger partial charge in [0.2, 0.25) is 5.91 Å². The molecule has 0 aromatic carbocycles. The molecule has 140 valence electrons. The largest absolute Gasteiger partial charge is 0.336 e. The fourth-order valence-electron chi connectivity index (χ4n) is 4.71. The minimum absolute atomic E-state index is 0.133. The SMILES string of the molecule is Cc1cccc(CN2CC[C@@]3(CCCN(C(=O)N4CCCC4)C3)C2=O)n1. The van der Waals surface area contributed by atoms with Gasteiger partial charge in [0.25, 0.3) is 0 Å². The van der Waals surface area contributed by atoms with Crippen LogP contribution in [0.3, 0.4) is 0 Å². The van der Waals surface area contributed by atoms with Crippen LogP contribution >= 0.6 is 0 Å². The first-order valence-corrected chi connectivity index (χ1v) is 9.83. The van der Waals surface area contributed by atoms with Gasteiger partial charge in [0, 0.05) is 38.4 Å². The van der Waals surface area contributed by atoms with Crippen molar-refractivity contribution in [1.29, 1.82) is 0 Å². The summed E-state index contributed by atoms with van der Waals surface area (Å²) in [5.41, 5.74) is 1.54. The summed E-state index contributed by atoms with van der Waals surface area (Å²) in [7, 11) is 0. The van der Waals surface area contributed by atoms with Gasteiger partial charge in [0.1, 0.15) is 0 Å². The Balaban J connectivity index is 1.44. The topological polar surface area (TPSA) is 56.8 Å². The molecule has 0 radical (unpaired) electrons. The van der Waals surface area contributed by atoms with Crippen LogP contribution in [0, 0.1) is 12.3 Å². The van der Waals surface area contributed by atoms with Crippen LogP contribution in [0.25, 0.3) is 0 Å². The lowest BCUT2D eigenvalue weighted by Gasteiger charge is -2.40. The van der Waals surface area contributed by atoms with Crippen LogP contribution in [0.1, 0.15) is 43.5 Å². The predicted molar refractivity (Wildman–Crippen MR) is 98.5 cm³/mol. The highest BCUT2D eigenvalue weighted by Gasteiger charge is 2.50. The van der Waals surface area contributed by atoms with E-state index < -0.39 is 0 Å². The Kier molecular flexibility index (Phi) is 4.59. The molecule has 6 nitrogen and oxygen atoms in total. The Labute approximate surface area is 155 Å². The van der Waals surface area contributed by atoms with Gasteiger partial charge in [-0.05, 0) is 51.2 Å². The average molecular weight is 356 g/mol. The van der Waals surface area contributed by atoms with Gasteiger partial charge in [0.05, 0.1) is 17.7 Å². The summed E-state index contributed by atoms with van der Waals surface area (Å²) in [6, 6.07) is 6.08. The second-order valence-electron chi connectivity index (χ2n) is 8.03. The fraction of sp³-hybridized carbons (Fsp3) is 0.650. The van der Waals surface area contributed by atoms with E-state index in [0.717, 1.165) is 69.7 Å². The van der Waals surface area contributed by atoms with Gasteiger partial charge in [-0.25, -0.2) is 4.79 Å². The maximum atomic E-state index is 13.2. The first-order chi connectivity index (χ1) is 12.6. The number of hydrogen-bond acceptors (Lipinski definition) is 3. The summed E-state index contributed by atoms with van der Waals surface area (Å²) in [4.78, 5) is 36.3. The number of likely N-dealkylation sites (tertiary alicyclic amines) is 3. The zero-order valence-corrected chi connectivity index (χ0v) is 15.6. The molecule has 0 saturated carbocycles. The molecule has 0 bridgehead atoms. The van der Waals surface area contributed by atoms with E-state index in [0.29, 0.717) is 13.1 Å². The number of urea groups is 1. The third-order valence-electron chi connectivity index (χ3n) is 6.12. The summed E-state index contributed by atoms with van der Waals surface area (Å²) < 4.78 is 0. The fourth-order valence-corrected chi connectivity index (χ4v) is 4.71. The zero-order valence-electron chi connectivity index (χ0n) is 15.6. The van der Waals surface area contributed by atoms with E-state index in [1.165, 1.54) is 0 Å². The lowest BCUT2D eigenvalue weighted by molar-refractivity contribution is -0.138. The molecule has 0 aliphatic carbocycles. The van der Waals surface area contributed by atoms with Crippen molar-refractivity contribution in [2.75, 3.05) is 32.7 Å². The second kappa shape index (κ2) is 6.89. The number of piperidine rings is 1. The molecule has 3 fully saturated rings. The third-order valence-corrected chi connectivity index (χ3v) is 6.12. The van der Waals surface area contributed by atoms with E-state index in [1.54, 1.807) is 0 Å². The number of nitrogens with zero attached hydrogens (tertiary/aromatic N) is 4. The molecule has 1 atom stereocenters. The molecule has 3 amide bonds. The van der Waals surface area contributed by atoms with Gasteiger partial charge < -0.3 is 14.7 Å². The highest BCUT2D eigenvalue weighted by Crippen LogP contribution is 2.41. The molecule has 6 heteroatoms. The number of amides is 3. The van der Waals surface area contributed by atoms with Crippen molar-refractivity contribution in [2.24, 2.45) is 5.41 Å². The first kappa shape index (κ1) is 17.3. The summed E-state index contributed by atoms with van der Waals surface area (Å²) in [5, 5.41) is 0. The molecule has 1 spiro atoms. The number of carbonyl (C=O) groups excluding carboxylic acids is 2. The van der Waals surface area contributed by atoms with E-state index in [4.69, 9.17) is 0 Å². The van der Waals surface area contributed by atoms with Crippen molar-refractivity contribution in [2.45, 2.75) is 45.6 Å². The summed E-state index contributed by atoms with van der Waals surface area (Å²) in [6.45, 7) is 6.40. The molecule has 3 aliphatic heterocycles. The Morgan fingerprint density at radius 1 is 1.08 bits per heavy atom. The van der Waals surface area contributed by atoms with Gasteiger partial charge in [-0.3, -0.25) is 9.78 Å². The van der Waals surface area contributed by atoms with E-state index in [9.17, 15) is 9.59 Å². The number of hydrogen-bond donors (Lipinski definition) is 0. The average Bonchev–Trinajstić information content (AvgIpc) is 3.27. The normalized spacial score (nSPS) is 26.2. The van der Waals surface area contributed by atoms with Gasteiger partial charge >= 0.3 is 6.03 Å². The van der Waals surface area contributed by atoms with Gasteiger partial charge in [-0.15, -0.1) is 0 Å². The Bertz CT molecular complexity index is 701. The van der Waals surface area contributed by atoms with Crippen molar-refractivity contribution < 1.29 is 9.59 Å². The molecule has 1 aromatic rings. The highest BCUT2D eigenvalue weighted by atomic mass is 16.2. The zero-order chi connectivity index (χ0) is 18.1. The Morgan fingerprint density at radius 2 is 1.85 bits per heavy atom. The van der Waals surface area contributed by atoms with Crippen molar-refractivity contribution >= 4 is 11.9 Å². The third kappa shape index (κ3) is 3.17. The lowest BCUT2D eigenvalue weighted by Crippen LogP contribution is -2.52. The minimum atomic E-state index is -0.378. The van der Waals surface area contributed by atoms with E-state index in [2.05, 4.69) is 4.98 Å². The molecule has 3 saturated heterocycles. The minimum Gasteiger partial charge on any atom is -0.336 e. The van der Waals surface area contributed by atoms with E-state index >= 15 is 0 Å². The van der Waals surface area contributed by atoms with Crippen LogP contribution < -0.4 is 0 Å². The van der Waals surface area contributed by atoms with E-state index in [1.807, 2.05) is 39.8 Å². The van der Waals surface area contributed by atoms with Crippen LogP contribution in [-0.2, 0) is 11.3 Å². The Morgan fingerprint density at radius 3 is 2.62 bits per heavy atom. The van der Waals surface area contributed by atoms with Crippen LogP contribution in [0.5, 0.6) is 0 Å². The number of carbonyl (C=O) groups is 2. The monoisotopic (exact) mass is 356 g/mol. The molecular weight excluding hydrogens is 328 g/mol. The Hall–Kier alpha value is -2.11. The van der Waals surface area contributed by atoms with Crippen molar-refractivity contribution in [3.63, 3.8) is 0 Å². The number of aromatic nitrogens is 1. The predicted octanol–water partition coefficient (Wildman–Crippen LogP) is 2.42. The molecule has 0 N–H and O–H groups in total. The molecule has 1 aromatic heterocycles. The number of pyridine rings is 1. The van der Waals surface area contributed by atoms with Gasteiger partial charge in [-0.2, -0.15) is 0 Å². The molecule has 4 heterocycles. The smallest absolute Gasteiger partial charge is 0.320 e. The molecule has 3 aliphatic rings. The van der Waals surface area contributed by atoms with Crippen molar-refractivity contribution in [1.82, 2.24) is 19.7 Å².